The van der Waals surface area contributed by atoms with Gasteiger partial charge in [0.15, 0.2) is 0 Å². The third-order valence-electron chi connectivity index (χ3n) is 5.47. The summed E-state index contributed by atoms with van der Waals surface area (Å²) in [6.45, 7) is 3.89. The van der Waals surface area contributed by atoms with Crippen LogP contribution in [0.1, 0.15) is 16.7 Å². The van der Waals surface area contributed by atoms with E-state index in [1.54, 1.807) is 49.6 Å². The quantitative estimate of drug-likeness (QED) is 0.499. The minimum Gasteiger partial charge on any atom is -0.497 e. The van der Waals surface area contributed by atoms with Gasteiger partial charge in [-0.2, -0.15) is 0 Å². The van der Waals surface area contributed by atoms with E-state index in [2.05, 4.69) is 5.32 Å². The molecule has 1 heterocycles. The Bertz CT molecular complexity index is 1300. The van der Waals surface area contributed by atoms with E-state index < -0.39 is 11.8 Å². The highest BCUT2D eigenvalue weighted by Gasteiger charge is 2.41. The summed E-state index contributed by atoms with van der Waals surface area (Å²) in [5, 5.41) is 3.58. The Labute approximate surface area is 197 Å². The molecule has 0 atom stereocenters. The van der Waals surface area contributed by atoms with Crippen molar-refractivity contribution in [1.29, 1.82) is 0 Å². The Hall–Kier alpha value is -3.77. The Morgan fingerprint density at radius 3 is 2.33 bits per heavy atom. The molecule has 1 aliphatic heterocycles. The molecular weight excluding hydrogens is 440 g/mol. The number of imide groups is 1. The first-order chi connectivity index (χ1) is 15.8. The van der Waals surface area contributed by atoms with Crippen LogP contribution in [-0.2, 0) is 9.59 Å². The van der Waals surface area contributed by atoms with Crippen molar-refractivity contribution < 1.29 is 19.1 Å². The number of rotatable bonds is 6. The number of anilines is 2. The number of ether oxygens (including phenoxy) is 2. The second-order valence-corrected chi connectivity index (χ2v) is 8.12. The van der Waals surface area contributed by atoms with Gasteiger partial charge in [0.2, 0.25) is 0 Å². The lowest BCUT2D eigenvalue weighted by Crippen LogP contribution is -2.32. The predicted molar refractivity (Wildman–Crippen MR) is 130 cm³/mol. The number of amides is 2. The molecule has 6 nitrogen and oxygen atoms in total. The smallest absolute Gasteiger partial charge is 0.282 e. The first-order valence-electron chi connectivity index (χ1n) is 10.3. The lowest BCUT2D eigenvalue weighted by molar-refractivity contribution is -0.120. The molecule has 0 fully saturated rings. The van der Waals surface area contributed by atoms with Crippen molar-refractivity contribution >= 4 is 40.4 Å². The van der Waals surface area contributed by atoms with Gasteiger partial charge in [0.05, 0.1) is 31.2 Å². The van der Waals surface area contributed by atoms with Crippen LogP contribution in [0.4, 0.5) is 11.4 Å². The molecule has 0 aliphatic carbocycles. The summed E-state index contributed by atoms with van der Waals surface area (Å²) >= 11 is 6.14. The molecule has 1 N–H and O–H groups in total. The summed E-state index contributed by atoms with van der Waals surface area (Å²) in [6.07, 6.45) is 0. The lowest BCUT2D eigenvalue weighted by atomic mass is 9.97. The van der Waals surface area contributed by atoms with E-state index in [4.69, 9.17) is 21.1 Å². The van der Waals surface area contributed by atoms with Crippen LogP contribution in [0.15, 0.2) is 66.4 Å². The first kappa shape index (κ1) is 22.4. The second-order valence-electron chi connectivity index (χ2n) is 7.69. The van der Waals surface area contributed by atoms with E-state index in [0.29, 0.717) is 33.5 Å². The molecule has 0 unspecified atom stereocenters. The van der Waals surface area contributed by atoms with Crippen molar-refractivity contribution in [2.75, 3.05) is 24.4 Å². The van der Waals surface area contributed by atoms with Gasteiger partial charge in [0, 0.05) is 11.1 Å². The van der Waals surface area contributed by atoms with Gasteiger partial charge >= 0.3 is 0 Å². The van der Waals surface area contributed by atoms with Crippen LogP contribution in [0.5, 0.6) is 11.5 Å². The van der Waals surface area contributed by atoms with Crippen LogP contribution in [0, 0.1) is 13.8 Å². The van der Waals surface area contributed by atoms with Crippen molar-refractivity contribution in [2.45, 2.75) is 13.8 Å². The van der Waals surface area contributed by atoms with Crippen LogP contribution < -0.4 is 19.7 Å². The predicted octanol–water partition coefficient (Wildman–Crippen LogP) is 5.37. The number of methoxy groups -OCH3 is 2. The molecule has 0 saturated carbocycles. The van der Waals surface area contributed by atoms with Crippen molar-refractivity contribution in [1.82, 2.24) is 0 Å². The van der Waals surface area contributed by atoms with E-state index in [0.717, 1.165) is 16.0 Å². The number of carbonyl (C=O) groups is 2. The monoisotopic (exact) mass is 462 g/mol. The number of carbonyl (C=O) groups excluding carboxylic acids is 2. The zero-order valence-electron chi connectivity index (χ0n) is 18.7. The minimum absolute atomic E-state index is 0.151. The summed E-state index contributed by atoms with van der Waals surface area (Å²) in [4.78, 5) is 28.4. The fraction of sp³-hybridized carbons (Fsp3) is 0.154. The lowest BCUT2D eigenvalue weighted by Gasteiger charge is -2.16. The van der Waals surface area contributed by atoms with Gasteiger partial charge in [-0.25, -0.2) is 4.90 Å². The minimum atomic E-state index is -0.484. The molecule has 0 radical (unpaired) electrons. The molecule has 0 saturated heterocycles. The van der Waals surface area contributed by atoms with Crippen LogP contribution in [0.3, 0.4) is 0 Å². The summed E-state index contributed by atoms with van der Waals surface area (Å²) in [5.41, 5.74) is 3.95. The zero-order valence-corrected chi connectivity index (χ0v) is 19.5. The van der Waals surface area contributed by atoms with Gasteiger partial charge in [0.25, 0.3) is 11.8 Å². The van der Waals surface area contributed by atoms with Gasteiger partial charge in [-0.1, -0.05) is 41.4 Å². The van der Waals surface area contributed by atoms with E-state index in [-0.39, 0.29) is 11.3 Å². The molecular formula is C26H23ClN2O4. The highest BCUT2D eigenvalue weighted by atomic mass is 35.5. The van der Waals surface area contributed by atoms with Gasteiger partial charge in [-0.15, -0.1) is 0 Å². The Balaban J connectivity index is 1.89. The SMILES string of the molecule is COc1ccc(OC)c(NC2=C(c3ccc(C)cc3C)C(=O)N(c3cccc(Cl)c3)C2=O)c1. The summed E-state index contributed by atoms with van der Waals surface area (Å²) < 4.78 is 10.8. The molecule has 1 aliphatic rings. The van der Waals surface area contributed by atoms with Crippen molar-refractivity contribution in [3.63, 3.8) is 0 Å². The maximum absolute atomic E-state index is 13.7. The zero-order chi connectivity index (χ0) is 23.7. The van der Waals surface area contributed by atoms with Gasteiger partial charge in [0.1, 0.15) is 17.2 Å². The highest BCUT2D eigenvalue weighted by Crippen LogP contribution is 2.38. The van der Waals surface area contributed by atoms with Crippen LogP contribution in [-0.4, -0.2) is 26.0 Å². The normalized spacial score (nSPS) is 13.5. The summed E-state index contributed by atoms with van der Waals surface area (Å²) in [6, 6.07) is 17.6. The molecule has 33 heavy (non-hydrogen) atoms. The number of benzene rings is 3. The second kappa shape index (κ2) is 9.00. The molecule has 7 heteroatoms. The molecule has 3 aromatic rings. The number of nitrogens with zero attached hydrogens (tertiary/aromatic N) is 1. The molecule has 0 bridgehead atoms. The van der Waals surface area contributed by atoms with Crippen molar-refractivity contribution in [2.24, 2.45) is 0 Å². The molecule has 2 amide bonds. The van der Waals surface area contributed by atoms with E-state index in [1.807, 2.05) is 32.0 Å². The average Bonchev–Trinajstić information content (AvgIpc) is 3.03. The Morgan fingerprint density at radius 2 is 1.67 bits per heavy atom. The van der Waals surface area contributed by atoms with Crippen LogP contribution >= 0.6 is 11.6 Å². The Kier molecular flexibility index (Phi) is 6.11. The maximum Gasteiger partial charge on any atom is 0.282 e. The molecule has 0 aromatic heterocycles. The summed E-state index contributed by atoms with van der Waals surface area (Å²) in [5.74, 6) is 0.167. The van der Waals surface area contributed by atoms with Crippen LogP contribution in [0.25, 0.3) is 5.57 Å². The van der Waals surface area contributed by atoms with Gasteiger partial charge < -0.3 is 14.8 Å². The molecule has 4 rings (SSSR count). The van der Waals surface area contributed by atoms with Gasteiger partial charge in [-0.3, -0.25) is 9.59 Å². The average molecular weight is 463 g/mol. The number of hydrogen-bond donors (Lipinski definition) is 1. The van der Waals surface area contributed by atoms with E-state index >= 15 is 0 Å². The molecule has 3 aromatic carbocycles. The largest absolute Gasteiger partial charge is 0.497 e. The fourth-order valence-electron chi connectivity index (χ4n) is 3.89. The number of halogens is 1. The highest BCUT2D eigenvalue weighted by molar-refractivity contribution is 6.46. The van der Waals surface area contributed by atoms with E-state index in [1.165, 1.54) is 7.11 Å². The number of hydrogen-bond acceptors (Lipinski definition) is 5. The Morgan fingerprint density at radius 1 is 0.879 bits per heavy atom. The van der Waals surface area contributed by atoms with Crippen LogP contribution in [0.2, 0.25) is 5.02 Å². The number of nitrogens with one attached hydrogen (secondary N) is 1. The molecule has 168 valence electrons. The molecule has 0 spiro atoms. The topological polar surface area (TPSA) is 67.9 Å². The third-order valence-corrected chi connectivity index (χ3v) is 5.70. The number of aryl methyl sites for hydroxylation is 2. The fourth-order valence-corrected chi connectivity index (χ4v) is 4.07. The summed E-state index contributed by atoms with van der Waals surface area (Å²) in [7, 11) is 3.09. The third kappa shape index (κ3) is 4.17. The van der Waals surface area contributed by atoms with Gasteiger partial charge in [-0.05, 0) is 55.3 Å². The maximum atomic E-state index is 13.7. The van der Waals surface area contributed by atoms with E-state index in [9.17, 15) is 9.59 Å². The van der Waals surface area contributed by atoms with Crippen molar-refractivity contribution in [3.05, 3.63) is 88.1 Å². The first-order valence-corrected chi connectivity index (χ1v) is 10.7. The van der Waals surface area contributed by atoms with Crippen molar-refractivity contribution in [3.8, 4) is 11.5 Å². The standard InChI is InChI=1S/C26H23ClN2O4/c1-15-8-10-20(16(2)12-15)23-24(28-21-14-19(32-3)9-11-22(21)33-4)26(31)29(25(23)30)18-7-5-6-17(27)13-18/h5-14,28H,1-4H3.